The van der Waals surface area contributed by atoms with E-state index >= 15 is 0 Å². The van der Waals surface area contributed by atoms with Gasteiger partial charge in [-0.3, -0.25) is 4.90 Å². The van der Waals surface area contributed by atoms with Gasteiger partial charge in [-0.15, -0.1) is 0 Å². The number of hydrogen-bond donors (Lipinski definition) is 1. The van der Waals surface area contributed by atoms with Crippen LogP contribution in [0.3, 0.4) is 0 Å². The molecule has 1 atom stereocenters. The third-order valence-corrected chi connectivity index (χ3v) is 2.40. The summed E-state index contributed by atoms with van der Waals surface area (Å²) in [5, 5.41) is 0. The normalized spacial score (nSPS) is 13.3. The molecule has 4 nitrogen and oxygen atoms in total. The third kappa shape index (κ3) is 4.35. The van der Waals surface area contributed by atoms with Gasteiger partial charge >= 0.3 is 0 Å². The molecular weight excluding hydrogens is 204 g/mol. The molecule has 1 aromatic rings. The van der Waals surface area contributed by atoms with Gasteiger partial charge in [-0.2, -0.15) is 0 Å². The van der Waals surface area contributed by atoms with E-state index in [9.17, 15) is 0 Å². The van der Waals surface area contributed by atoms with Crippen LogP contribution in [0.5, 0.6) is 0 Å². The van der Waals surface area contributed by atoms with Crippen molar-refractivity contribution in [2.24, 2.45) is 5.73 Å². The summed E-state index contributed by atoms with van der Waals surface area (Å²) in [4.78, 5) is 2.16. The largest absolute Gasteiger partial charge is 0.465 e. The van der Waals surface area contributed by atoms with E-state index in [0.29, 0.717) is 13.2 Å². The summed E-state index contributed by atoms with van der Waals surface area (Å²) in [6, 6.07) is 3.98. The minimum Gasteiger partial charge on any atom is -0.465 e. The van der Waals surface area contributed by atoms with Crippen LogP contribution in [0.1, 0.15) is 18.4 Å². The highest BCUT2D eigenvalue weighted by Crippen LogP contribution is 2.09. The monoisotopic (exact) mass is 226 g/mol. The van der Waals surface area contributed by atoms with Crippen molar-refractivity contribution in [3.8, 4) is 0 Å². The molecule has 0 aliphatic carbocycles. The lowest BCUT2D eigenvalue weighted by atomic mass is 10.3. The molecule has 4 heteroatoms. The highest BCUT2D eigenvalue weighted by molar-refractivity contribution is 5.05. The Kier molecular flexibility index (Phi) is 5.52. The van der Waals surface area contributed by atoms with Crippen molar-refractivity contribution in [2.45, 2.75) is 26.5 Å². The zero-order valence-electron chi connectivity index (χ0n) is 10.4. The van der Waals surface area contributed by atoms with Gasteiger partial charge < -0.3 is 14.9 Å². The summed E-state index contributed by atoms with van der Waals surface area (Å²) in [5.41, 5.74) is 5.63. The molecule has 0 radical (unpaired) electrons. The lowest BCUT2D eigenvalue weighted by Gasteiger charge is -2.22. The van der Waals surface area contributed by atoms with E-state index < -0.39 is 0 Å². The Hall–Kier alpha value is -0.840. The van der Waals surface area contributed by atoms with Crippen molar-refractivity contribution in [2.75, 3.05) is 26.7 Å². The molecule has 0 saturated heterocycles. The molecule has 0 aliphatic heterocycles. The standard InChI is InChI=1S/C12H22N2O2/c1-4-15-12(7-13)9-14(3)8-11-6-5-10(2)16-11/h5-6,12H,4,7-9,13H2,1-3H3. The van der Waals surface area contributed by atoms with Crippen LogP contribution in [0.2, 0.25) is 0 Å². The smallest absolute Gasteiger partial charge is 0.118 e. The fraction of sp³-hybridized carbons (Fsp3) is 0.667. The Morgan fingerprint density at radius 2 is 2.25 bits per heavy atom. The van der Waals surface area contributed by atoms with Crippen LogP contribution in [-0.2, 0) is 11.3 Å². The van der Waals surface area contributed by atoms with Crippen LogP contribution in [0.4, 0.5) is 0 Å². The van der Waals surface area contributed by atoms with Crippen molar-refractivity contribution in [3.63, 3.8) is 0 Å². The fourth-order valence-corrected chi connectivity index (χ4v) is 1.68. The van der Waals surface area contributed by atoms with Gasteiger partial charge in [-0.1, -0.05) is 0 Å². The molecule has 1 heterocycles. The minimum atomic E-state index is 0.103. The highest BCUT2D eigenvalue weighted by atomic mass is 16.5. The zero-order chi connectivity index (χ0) is 12.0. The van der Waals surface area contributed by atoms with E-state index in [-0.39, 0.29) is 6.10 Å². The van der Waals surface area contributed by atoms with E-state index in [1.807, 2.05) is 33.0 Å². The molecule has 0 fully saturated rings. The SMILES string of the molecule is CCOC(CN)CN(C)Cc1ccc(C)o1. The number of nitrogens with two attached hydrogens (primary N) is 1. The number of hydrogen-bond acceptors (Lipinski definition) is 4. The first kappa shape index (κ1) is 13.2. The molecule has 1 unspecified atom stereocenters. The quantitative estimate of drug-likeness (QED) is 0.763. The minimum absolute atomic E-state index is 0.103. The first-order chi connectivity index (χ1) is 7.65. The highest BCUT2D eigenvalue weighted by Gasteiger charge is 2.11. The third-order valence-electron chi connectivity index (χ3n) is 2.40. The summed E-state index contributed by atoms with van der Waals surface area (Å²) in [7, 11) is 2.04. The van der Waals surface area contributed by atoms with Gasteiger partial charge in [-0.05, 0) is 33.0 Å². The number of aryl methyl sites for hydroxylation is 1. The van der Waals surface area contributed by atoms with Crippen LogP contribution >= 0.6 is 0 Å². The molecule has 1 aromatic heterocycles. The molecule has 0 bridgehead atoms. The van der Waals surface area contributed by atoms with Gasteiger partial charge in [0.25, 0.3) is 0 Å². The maximum Gasteiger partial charge on any atom is 0.118 e. The maximum atomic E-state index is 5.63. The number of rotatable bonds is 7. The Labute approximate surface area is 97.4 Å². The molecular formula is C12H22N2O2. The van der Waals surface area contributed by atoms with Gasteiger partial charge in [0.15, 0.2) is 0 Å². The first-order valence-electron chi connectivity index (χ1n) is 5.71. The summed E-state index contributed by atoms with van der Waals surface area (Å²) in [6.07, 6.45) is 0.103. The molecule has 0 aromatic carbocycles. The summed E-state index contributed by atoms with van der Waals surface area (Å²) in [5.74, 6) is 1.93. The zero-order valence-corrected chi connectivity index (χ0v) is 10.4. The molecule has 16 heavy (non-hydrogen) atoms. The van der Waals surface area contributed by atoms with Crippen LogP contribution < -0.4 is 5.73 Å². The Morgan fingerprint density at radius 3 is 2.75 bits per heavy atom. The van der Waals surface area contributed by atoms with Crippen molar-refractivity contribution in [1.82, 2.24) is 4.90 Å². The van der Waals surface area contributed by atoms with Crippen LogP contribution in [-0.4, -0.2) is 37.7 Å². The average Bonchev–Trinajstić information content (AvgIpc) is 2.63. The van der Waals surface area contributed by atoms with Crippen molar-refractivity contribution < 1.29 is 9.15 Å². The summed E-state index contributed by atoms with van der Waals surface area (Å²) >= 11 is 0. The molecule has 2 N–H and O–H groups in total. The van der Waals surface area contributed by atoms with E-state index in [1.54, 1.807) is 0 Å². The van der Waals surface area contributed by atoms with E-state index in [0.717, 1.165) is 24.6 Å². The lowest BCUT2D eigenvalue weighted by Crippen LogP contribution is -2.36. The van der Waals surface area contributed by atoms with Crippen molar-refractivity contribution in [1.29, 1.82) is 0 Å². The number of nitrogens with zero attached hydrogens (tertiary/aromatic N) is 1. The lowest BCUT2D eigenvalue weighted by molar-refractivity contribution is 0.0424. The van der Waals surface area contributed by atoms with Gasteiger partial charge in [-0.25, -0.2) is 0 Å². The van der Waals surface area contributed by atoms with E-state index in [4.69, 9.17) is 14.9 Å². The maximum absolute atomic E-state index is 5.63. The van der Waals surface area contributed by atoms with Crippen molar-refractivity contribution >= 4 is 0 Å². The fourth-order valence-electron chi connectivity index (χ4n) is 1.68. The molecule has 0 saturated carbocycles. The Bertz CT molecular complexity index is 299. The first-order valence-corrected chi connectivity index (χ1v) is 5.71. The second-order valence-electron chi connectivity index (χ2n) is 4.02. The second-order valence-corrected chi connectivity index (χ2v) is 4.02. The van der Waals surface area contributed by atoms with E-state index in [1.165, 1.54) is 0 Å². The summed E-state index contributed by atoms with van der Waals surface area (Å²) < 4.78 is 11.0. The Morgan fingerprint density at radius 1 is 1.50 bits per heavy atom. The van der Waals surface area contributed by atoms with E-state index in [2.05, 4.69) is 4.90 Å². The van der Waals surface area contributed by atoms with Crippen molar-refractivity contribution in [3.05, 3.63) is 23.7 Å². The molecule has 1 rings (SSSR count). The van der Waals surface area contributed by atoms with Gasteiger partial charge in [0.05, 0.1) is 12.6 Å². The predicted molar refractivity (Wildman–Crippen MR) is 64.2 cm³/mol. The number of likely N-dealkylation sites (N-methyl/N-ethyl adjacent to an activating group) is 1. The molecule has 0 spiro atoms. The van der Waals surface area contributed by atoms with Gasteiger partial charge in [0.1, 0.15) is 11.5 Å². The Balaban J connectivity index is 2.37. The molecule has 0 aliphatic rings. The molecule has 0 amide bonds. The predicted octanol–water partition coefficient (Wildman–Crippen LogP) is 1.38. The molecule has 92 valence electrons. The topological polar surface area (TPSA) is 51.6 Å². The van der Waals surface area contributed by atoms with Gasteiger partial charge in [0.2, 0.25) is 0 Å². The van der Waals surface area contributed by atoms with Crippen LogP contribution in [0.25, 0.3) is 0 Å². The van der Waals surface area contributed by atoms with Crippen LogP contribution in [0.15, 0.2) is 16.5 Å². The summed E-state index contributed by atoms with van der Waals surface area (Å²) in [6.45, 7) is 6.80. The second kappa shape index (κ2) is 6.68. The average molecular weight is 226 g/mol. The van der Waals surface area contributed by atoms with Gasteiger partial charge in [0, 0.05) is 19.7 Å². The number of ether oxygens (including phenoxy) is 1. The van der Waals surface area contributed by atoms with Crippen LogP contribution in [0, 0.1) is 6.92 Å². The number of furan rings is 1.